The topological polar surface area (TPSA) is 242 Å². The Balaban J connectivity index is 1.19. The molecule has 0 aliphatic rings. The maximum atomic E-state index is 15.1. The number of fused-ring (bicyclic) bond motifs is 1. The van der Waals surface area contributed by atoms with Crippen LogP contribution in [0.1, 0.15) is 59.2 Å². The Hall–Kier alpha value is -7.18. The lowest BCUT2D eigenvalue weighted by Gasteiger charge is -2.15. The van der Waals surface area contributed by atoms with Crippen LogP contribution in [0.2, 0.25) is 0 Å². The first-order valence-electron chi connectivity index (χ1n) is 14.6. The van der Waals surface area contributed by atoms with Gasteiger partial charge in [0.05, 0.1) is 29.6 Å². The molecule has 19 heteroatoms. The summed E-state index contributed by atoms with van der Waals surface area (Å²) in [7, 11) is 1.35. The highest BCUT2D eigenvalue weighted by molar-refractivity contribution is 6.08. The quantitative estimate of drug-likeness (QED) is 0.145. The van der Waals surface area contributed by atoms with Crippen molar-refractivity contribution in [2.45, 2.75) is 19.3 Å². The number of aryl methyl sites for hydroxylation is 2. The summed E-state index contributed by atoms with van der Waals surface area (Å²) in [6.07, 6.45) is 5.29. The number of benzene rings is 2. The molecule has 18 nitrogen and oxygen atoms in total. The number of carboxylic acids is 2. The normalized spacial score (nSPS) is 10.9. The van der Waals surface area contributed by atoms with Crippen LogP contribution in [0, 0.1) is 5.82 Å². The second-order valence-corrected chi connectivity index (χ2v) is 10.6. The number of carbonyl (C=O) groups is 4. The summed E-state index contributed by atoms with van der Waals surface area (Å²) < 4.78 is 23.1. The van der Waals surface area contributed by atoms with Gasteiger partial charge in [-0.05, 0) is 89.3 Å². The van der Waals surface area contributed by atoms with E-state index in [9.17, 15) is 29.4 Å². The molecule has 6 aromatic rings. The molecule has 6 rings (SSSR count). The minimum Gasteiger partial charge on any atom is -0.496 e. The smallest absolute Gasteiger partial charge is 0.337 e. The largest absolute Gasteiger partial charge is 0.496 e. The summed E-state index contributed by atoms with van der Waals surface area (Å²) in [5.41, 5.74) is -0.228. The third-order valence-electron chi connectivity index (χ3n) is 7.41. The molecule has 4 heterocycles. The third-order valence-corrected chi connectivity index (χ3v) is 7.41. The molecule has 0 fully saturated rings. The molecule has 4 aromatic heterocycles. The van der Waals surface area contributed by atoms with Crippen LogP contribution in [0.15, 0.2) is 67.3 Å². The number of hydrogen-bond donors (Lipinski definition) is 4. The van der Waals surface area contributed by atoms with Crippen LogP contribution in [0.3, 0.4) is 0 Å². The summed E-state index contributed by atoms with van der Waals surface area (Å²) >= 11 is 0. The fourth-order valence-electron chi connectivity index (χ4n) is 4.97. The second-order valence-electron chi connectivity index (χ2n) is 10.6. The van der Waals surface area contributed by atoms with Crippen molar-refractivity contribution in [3.63, 3.8) is 0 Å². The lowest BCUT2D eigenvalue weighted by Crippen LogP contribution is -2.18. The van der Waals surface area contributed by atoms with Crippen LogP contribution in [0.5, 0.6) is 5.75 Å². The van der Waals surface area contributed by atoms with Crippen molar-refractivity contribution in [1.29, 1.82) is 0 Å². The van der Waals surface area contributed by atoms with Gasteiger partial charge in [0, 0.05) is 12.4 Å². The molecule has 4 N–H and O–H groups in total. The number of aromatic nitrogens is 9. The Morgan fingerprint density at radius 1 is 0.840 bits per heavy atom. The zero-order valence-electron chi connectivity index (χ0n) is 25.8. The van der Waals surface area contributed by atoms with Gasteiger partial charge in [-0.1, -0.05) is 0 Å². The van der Waals surface area contributed by atoms with Crippen molar-refractivity contribution >= 4 is 40.8 Å². The van der Waals surface area contributed by atoms with Gasteiger partial charge in [0.15, 0.2) is 22.9 Å². The maximum absolute atomic E-state index is 15.1. The number of imidazole rings is 1. The Morgan fingerprint density at radius 2 is 1.52 bits per heavy atom. The van der Waals surface area contributed by atoms with Crippen molar-refractivity contribution in [3.05, 3.63) is 107 Å². The Bertz CT molecular complexity index is 2260. The second kappa shape index (κ2) is 13.9. The zero-order valence-corrected chi connectivity index (χ0v) is 25.8. The van der Waals surface area contributed by atoms with Crippen LogP contribution < -0.4 is 15.4 Å². The minimum atomic E-state index is -1.47. The number of nitrogens with one attached hydrogen (secondary N) is 2. The van der Waals surface area contributed by atoms with Gasteiger partial charge >= 0.3 is 11.9 Å². The molecule has 0 saturated heterocycles. The number of nitrogens with zero attached hydrogens (tertiary/aromatic N) is 9. The van der Waals surface area contributed by atoms with E-state index in [1.54, 1.807) is 23.0 Å². The number of halogens is 1. The Labute approximate surface area is 279 Å². The minimum absolute atomic E-state index is 0.0331. The number of ether oxygens (including phenoxy) is 1. The molecule has 0 unspecified atom stereocenters. The molecule has 0 aliphatic carbocycles. The highest BCUT2D eigenvalue weighted by Gasteiger charge is 2.21. The maximum Gasteiger partial charge on any atom is 0.337 e. The van der Waals surface area contributed by atoms with Crippen molar-refractivity contribution in [2.75, 3.05) is 17.7 Å². The van der Waals surface area contributed by atoms with Crippen molar-refractivity contribution in [1.82, 2.24) is 45.0 Å². The predicted octanol–water partition coefficient (Wildman–Crippen LogP) is 2.72. The fraction of sp³-hybridized carbons (Fsp3) is 0.129. The number of carbonyl (C=O) groups excluding carboxylic acids is 2. The number of carboxylic acid groups (broad SMARTS) is 2. The van der Waals surface area contributed by atoms with Gasteiger partial charge in [0.2, 0.25) is 0 Å². The van der Waals surface area contributed by atoms with Crippen molar-refractivity contribution < 1.29 is 38.5 Å². The number of tetrazole rings is 1. The molecule has 252 valence electrons. The Morgan fingerprint density at radius 3 is 2.18 bits per heavy atom. The SMILES string of the molecule is COc1cc(C(=O)O)c(NC(=O)c2ccc(-n3ccnc3)nn2)cc1CCCc1cc(NC(=O)c2ccc3nnnn3n2)c(C(=O)O)cc1F. The average molecular weight is 682 g/mol. The molecule has 0 atom stereocenters. The summed E-state index contributed by atoms with van der Waals surface area (Å²) in [5.74, 6) is -4.46. The van der Waals surface area contributed by atoms with Crippen LogP contribution in [-0.4, -0.2) is 86.1 Å². The van der Waals surface area contributed by atoms with E-state index in [0.29, 0.717) is 11.4 Å². The predicted molar refractivity (Wildman–Crippen MR) is 169 cm³/mol. The average Bonchev–Trinajstić information content (AvgIpc) is 3.82. The van der Waals surface area contributed by atoms with E-state index in [-0.39, 0.29) is 64.5 Å². The van der Waals surface area contributed by atoms with Crippen LogP contribution in [0.25, 0.3) is 11.5 Å². The highest BCUT2D eigenvalue weighted by atomic mass is 19.1. The van der Waals surface area contributed by atoms with Gasteiger partial charge in [-0.15, -0.1) is 25.0 Å². The lowest BCUT2D eigenvalue weighted by molar-refractivity contribution is 0.0686. The monoisotopic (exact) mass is 681 g/mol. The van der Waals surface area contributed by atoms with E-state index in [1.807, 2.05) is 0 Å². The molecule has 0 aliphatic heterocycles. The lowest BCUT2D eigenvalue weighted by atomic mass is 9.99. The molecule has 2 amide bonds. The third kappa shape index (κ3) is 6.90. The number of rotatable bonds is 12. The molecular formula is C31H24FN11O7. The molecule has 0 radical (unpaired) electrons. The van der Waals surface area contributed by atoms with E-state index < -0.39 is 35.1 Å². The summed E-state index contributed by atoms with van der Waals surface area (Å²) in [6, 6.07) is 10.5. The van der Waals surface area contributed by atoms with Crippen LogP contribution >= 0.6 is 0 Å². The van der Waals surface area contributed by atoms with Crippen molar-refractivity contribution in [3.8, 4) is 11.6 Å². The number of amides is 2. The molecule has 0 saturated carbocycles. The number of anilines is 2. The first kappa shape index (κ1) is 32.7. The number of hydrogen-bond acceptors (Lipinski definition) is 12. The zero-order chi connectivity index (χ0) is 35.4. The highest BCUT2D eigenvalue weighted by Crippen LogP contribution is 2.30. The van der Waals surface area contributed by atoms with E-state index in [4.69, 9.17) is 4.74 Å². The van der Waals surface area contributed by atoms with Gasteiger partial charge in [0.25, 0.3) is 11.8 Å². The number of aromatic carboxylic acids is 2. The molecular weight excluding hydrogens is 657 g/mol. The first-order chi connectivity index (χ1) is 24.1. The van der Waals surface area contributed by atoms with Gasteiger partial charge < -0.3 is 25.6 Å². The van der Waals surface area contributed by atoms with Gasteiger partial charge in [-0.3, -0.25) is 14.2 Å². The summed E-state index contributed by atoms with van der Waals surface area (Å²) in [5, 5.41) is 47.2. The van der Waals surface area contributed by atoms with E-state index in [1.165, 1.54) is 49.8 Å². The van der Waals surface area contributed by atoms with Gasteiger partial charge in [-0.2, -0.15) is 0 Å². The molecule has 50 heavy (non-hydrogen) atoms. The van der Waals surface area contributed by atoms with Crippen LogP contribution in [-0.2, 0) is 12.8 Å². The number of methoxy groups -OCH3 is 1. The standard InChI is InChI=1S/C31H24FN11O7/c1-50-25-14-19(31(48)49)24(34-28(44)21-5-7-26(37-36-21)42-10-9-33-15-42)12-17(25)4-2-3-16-11-23(18(30(46)47)13-20(16)32)35-29(45)22-6-8-27-38-40-41-43(27)39-22/h5-15H,2-4H2,1H3,(H,34,44)(H,35,45)(H,46,47)(H,48,49). The summed E-state index contributed by atoms with van der Waals surface area (Å²) in [4.78, 5) is 53.8. The molecule has 0 bridgehead atoms. The van der Waals surface area contributed by atoms with E-state index in [0.717, 1.165) is 10.7 Å². The van der Waals surface area contributed by atoms with E-state index in [2.05, 4.69) is 46.4 Å². The van der Waals surface area contributed by atoms with Gasteiger partial charge in [0.1, 0.15) is 17.9 Å². The summed E-state index contributed by atoms with van der Waals surface area (Å²) in [6.45, 7) is 0. The van der Waals surface area contributed by atoms with Crippen LogP contribution in [0.4, 0.5) is 15.8 Å². The van der Waals surface area contributed by atoms with Crippen molar-refractivity contribution in [2.24, 2.45) is 0 Å². The van der Waals surface area contributed by atoms with E-state index >= 15 is 4.39 Å². The first-order valence-corrected chi connectivity index (χ1v) is 14.6. The van der Waals surface area contributed by atoms with Gasteiger partial charge in [-0.25, -0.2) is 19.0 Å². The molecule has 0 spiro atoms. The fourth-order valence-corrected chi connectivity index (χ4v) is 4.97. The Kier molecular flexibility index (Phi) is 9.10. The molecule has 2 aromatic carbocycles.